The lowest BCUT2D eigenvalue weighted by Crippen LogP contribution is -2.05. The molecule has 0 aliphatic carbocycles. The summed E-state index contributed by atoms with van der Waals surface area (Å²) in [7, 11) is 0. The van der Waals surface area contributed by atoms with Gasteiger partial charge in [0.1, 0.15) is 12.4 Å². The summed E-state index contributed by atoms with van der Waals surface area (Å²) >= 11 is 1.38. The molecule has 0 spiro atoms. The van der Waals surface area contributed by atoms with Crippen molar-refractivity contribution in [2.75, 3.05) is 5.43 Å². The van der Waals surface area contributed by atoms with Crippen molar-refractivity contribution in [2.45, 2.75) is 6.61 Å². The third kappa shape index (κ3) is 2.93. The van der Waals surface area contributed by atoms with Gasteiger partial charge in [-0.05, 0) is 12.1 Å². The molecule has 0 aliphatic rings. The third-order valence-electron chi connectivity index (χ3n) is 2.11. The van der Waals surface area contributed by atoms with Crippen LogP contribution < -0.4 is 16.0 Å². The van der Waals surface area contributed by atoms with Gasteiger partial charge in [-0.15, -0.1) is 0 Å². The zero-order chi connectivity index (χ0) is 13.0. The Labute approximate surface area is 106 Å². The van der Waals surface area contributed by atoms with Crippen molar-refractivity contribution in [3.8, 4) is 5.75 Å². The standard InChI is InChI=1S/C10H10N4O3S/c11-13-10-12-5-9(18-10)6-17-8-3-1-7(2-4-8)14(15)16/h1-5H,6,11H2,(H,12,13). The smallest absolute Gasteiger partial charge is 0.269 e. The maximum atomic E-state index is 10.5. The molecule has 0 unspecified atom stereocenters. The number of hydrogen-bond acceptors (Lipinski definition) is 7. The largest absolute Gasteiger partial charge is 0.488 e. The lowest BCUT2D eigenvalue weighted by atomic mass is 10.3. The number of ether oxygens (including phenoxy) is 1. The maximum absolute atomic E-state index is 10.5. The molecular weight excluding hydrogens is 256 g/mol. The summed E-state index contributed by atoms with van der Waals surface area (Å²) in [4.78, 5) is 14.9. The molecule has 7 nitrogen and oxygen atoms in total. The summed E-state index contributed by atoms with van der Waals surface area (Å²) in [6.07, 6.45) is 1.66. The van der Waals surface area contributed by atoms with Gasteiger partial charge in [0, 0.05) is 18.3 Å². The van der Waals surface area contributed by atoms with Crippen molar-refractivity contribution in [1.82, 2.24) is 4.98 Å². The van der Waals surface area contributed by atoms with Crippen LogP contribution in [0.25, 0.3) is 0 Å². The summed E-state index contributed by atoms with van der Waals surface area (Å²) in [5, 5.41) is 11.1. The monoisotopic (exact) mass is 266 g/mol. The number of non-ortho nitro benzene ring substituents is 1. The highest BCUT2D eigenvalue weighted by Gasteiger charge is 2.05. The average Bonchev–Trinajstić information content (AvgIpc) is 2.85. The first-order valence-electron chi connectivity index (χ1n) is 4.97. The Kier molecular flexibility index (Phi) is 3.70. The highest BCUT2D eigenvalue weighted by molar-refractivity contribution is 7.15. The number of benzene rings is 1. The molecule has 0 fully saturated rings. The van der Waals surface area contributed by atoms with Gasteiger partial charge < -0.3 is 4.74 Å². The molecule has 0 amide bonds. The predicted molar refractivity (Wildman–Crippen MR) is 67.4 cm³/mol. The van der Waals surface area contributed by atoms with E-state index in [1.807, 2.05) is 0 Å². The van der Waals surface area contributed by atoms with Crippen LogP contribution in [0.3, 0.4) is 0 Å². The topological polar surface area (TPSA) is 103 Å². The molecule has 0 saturated carbocycles. The fourth-order valence-corrected chi connectivity index (χ4v) is 1.90. The van der Waals surface area contributed by atoms with E-state index in [9.17, 15) is 10.1 Å². The van der Waals surface area contributed by atoms with Gasteiger partial charge in [0.05, 0.1) is 9.80 Å². The van der Waals surface area contributed by atoms with Crippen molar-refractivity contribution < 1.29 is 9.66 Å². The van der Waals surface area contributed by atoms with Gasteiger partial charge in [-0.2, -0.15) is 0 Å². The molecular formula is C10H10N4O3S. The Bertz CT molecular complexity index is 540. The van der Waals surface area contributed by atoms with Crippen molar-refractivity contribution >= 4 is 22.2 Å². The number of nitrogens with zero attached hydrogens (tertiary/aromatic N) is 2. The second-order valence-electron chi connectivity index (χ2n) is 3.32. The molecule has 8 heteroatoms. The maximum Gasteiger partial charge on any atom is 0.269 e. The van der Waals surface area contributed by atoms with Crippen molar-refractivity contribution in [1.29, 1.82) is 0 Å². The van der Waals surface area contributed by atoms with Crippen LogP contribution in [-0.2, 0) is 6.61 Å². The summed E-state index contributed by atoms with van der Waals surface area (Å²) in [5.74, 6) is 5.77. The van der Waals surface area contributed by atoms with Gasteiger partial charge >= 0.3 is 0 Å². The number of thiazole rings is 1. The van der Waals surface area contributed by atoms with E-state index >= 15 is 0 Å². The molecule has 3 N–H and O–H groups in total. The van der Waals surface area contributed by atoms with Gasteiger partial charge in [0.25, 0.3) is 5.69 Å². The van der Waals surface area contributed by atoms with Crippen molar-refractivity contribution in [2.24, 2.45) is 5.84 Å². The van der Waals surface area contributed by atoms with Crippen molar-refractivity contribution in [3.05, 3.63) is 45.5 Å². The van der Waals surface area contributed by atoms with Crippen LogP contribution in [0.5, 0.6) is 5.75 Å². The molecule has 0 atom stereocenters. The highest BCUT2D eigenvalue weighted by Crippen LogP contribution is 2.21. The number of aromatic nitrogens is 1. The number of nitro benzene ring substituents is 1. The second kappa shape index (κ2) is 5.43. The second-order valence-corrected chi connectivity index (χ2v) is 4.43. The predicted octanol–water partition coefficient (Wildman–Crippen LogP) is 1.92. The van der Waals surface area contributed by atoms with E-state index in [1.165, 1.54) is 23.5 Å². The van der Waals surface area contributed by atoms with E-state index in [2.05, 4.69) is 10.4 Å². The number of hydrogen-bond donors (Lipinski definition) is 2. The van der Waals surface area contributed by atoms with E-state index < -0.39 is 4.92 Å². The van der Waals surface area contributed by atoms with Crippen molar-refractivity contribution in [3.63, 3.8) is 0 Å². The molecule has 1 heterocycles. The van der Waals surface area contributed by atoms with Crippen LogP contribution >= 0.6 is 11.3 Å². The summed E-state index contributed by atoms with van der Waals surface area (Å²) < 4.78 is 5.46. The van der Waals surface area contributed by atoms with Gasteiger partial charge in [0.2, 0.25) is 0 Å². The summed E-state index contributed by atoms with van der Waals surface area (Å²) in [5.41, 5.74) is 2.48. The minimum atomic E-state index is -0.452. The lowest BCUT2D eigenvalue weighted by Gasteiger charge is -2.03. The highest BCUT2D eigenvalue weighted by atomic mass is 32.1. The van der Waals surface area contributed by atoms with Gasteiger partial charge in [-0.1, -0.05) is 11.3 Å². The number of rotatable bonds is 5. The van der Waals surface area contributed by atoms with Gasteiger partial charge in [-0.25, -0.2) is 10.8 Å². The first-order chi connectivity index (χ1) is 8.69. The molecule has 0 aliphatic heterocycles. The van der Waals surface area contributed by atoms with Crippen LogP contribution in [0, 0.1) is 10.1 Å². The third-order valence-corrected chi connectivity index (χ3v) is 3.01. The first kappa shape index (κ1) is 12.3. The molecule has 0 bridgehead atoms. The Morgan fingerprint density at radius 2 is 2.17 bits per heavy atom. The van der Waals surface area contributed by atoms with Crippen LogP contribution in [0.15, 0.2) is 30.5 Å². The molecule has 0 saturated heterocycles. The Morgan fingerprint density at radius 3 is 2.72 bits per heavy atom. The van der Waals surface area contributed by atoms with Gasteiger partial charge in [-0.3, -0.25) is 15.5 Å². The van der Waals surface area contributed by atoms with Crippen LogP contribution in [0.2, 0.25) is 0 Å². The molecule has 1 aromatic heterocycles. The molecule has 18 heavy (non-hydrogen) atoms. The number of nitrogen functional groups attached to an aromatic ring is 1. The van der Waals surface area contributed by atoms with E-state index in [0.29, 0.717) is 17.5 Å². The van der Waals surface area contributed by atoms with E-state index in [-0.39, 0.29) is 5.69 Å². The normalized spacial score (nSPS) is 10.1. The average molecular weight is 266 g/mol. The number of anilines is 1. The molecule has 2 rings (SSSR count). The van der Waals surface area contributed by atoms with Crippen LogP contribution in [0.4, 0.5) is 10.8 Å². The zero-order valence-corrected chi connectivity index (χ0v) is 10.0. The van der Waals surface area contributed by atoms with Crippen LogP contribution in [-0.4, -0.2) is 9.91 Å². The summed E-state index contributed by atoms with van der Waals surface area (Å²) in [6.45, 7) is 0.344. The van der Waals surface area contributed by atoms with E-state index in [0.717, 1.165) is 4.88 Å². The quantitative estimate of drug-likeness (QED) is 0.487. The molecule has 2 aromatic rings. The summed E-state index contributed by atoms with van der Waals surface area (Å²) in [6, 6.07) is 5.91. The minimum absolute atomic E-state index is 0.0368. The molecule has 94 valence electrons. The Hall–Kier alpha value is -2.19. The molecule has 1 aromatic carbocycles. The Morgan fingerprint density at radius 1 is 1.44 bits per heavy atom. The van der Waals surface area contributed by atoms with Gasteiger partial charge in [0.15, 0.2) is 5.13 Å². The molecule has 0 radical (unpaired) electrons. The zero-order valence-electron chi connectivity index (χ0n) is 9.20. The van der Waals surface area contributed by atoms with E-state index in [1.54, 1.807) is 18.3 Å². The number of nitrogens with two attached hydrogens (primary N) is 1. The number of hydrazine groups is 1. The number of nitrogens with one attached hydrogen (secondary N) is 1. The fraction of sp³-hybridized carbons (Fsp3) is 0.100. The number of nitro groups is 1. The van der Waals surface area contributed by atoms with E-state index in [4.69, 9.17) is 10.6 Å². The van der Waals surface area contributed by atoms with Crippen LogP contribution in [0.1, 0.15) is 4.88 Å². The minimum Gasteiger partial charge on any atom is -0.488 e. The Balaban J connectivity index is 1.95. The SMILES string of the molecule is NNc1ncc(COc2ccc([N+](=O)[O-])cc2)s1. The lowest BCUT2D eigenvalue weighted by molar-refractivity contribution is -0.384. The fourth-order valence-electron chi connectivity index (χ4n) is 1.26. The first-order valence-corrected chi connectivity index (χ1v) is 5.79.